The number of fused-ring (bicyclic) bond motifs is 1. The van der Waals surface area contributed by atoms with Crippen molar-refractivity contribution in [2.75, 3.05) is 12.4 Å². The van der Waals surface area contributed by atoms with Gasteiger partial charge in [0.1, 0.15) is 11.6 Å². The first-order chi connectivity index (χ1) is 20.3. The number of imidazole rings is 1. The zero-order chi connectivity index (χ0) is 29.4. The molecule has 0 spiro atoms. The highest BCUT2D eigenvalue weighted by Crippen LogP contribution is 2.41. The summed E-state index contributed by atoms with van der Waals surface area (Å²) in [6.45, 7) is 1.97. The smallest absolute Gasteiger partial charge is 0.307 e. The minimum Gasteiger partial charge on any atom is -0.496 e. The first kappa shape index (κ1) is 27.1. The van der Waals surface area contributed by atoms with Crippen molar-refractivity contribution in [2.24, 2.45) is 0 Å². The van der Waals surface area contributed by atoms with Gasteiger partial charge in [-0.05, 0) is 71.7 Å². The van der Waals surface area contributed by atoms with E-state index in [1.54, 1.807) is 36.5 Å². The van der Waals surface area contributed by atoms with Crippen molar-refractivity contribution in [3.63, 3.8) is 0 Å². The number of halogens is 1. The number of hydrogen-bond acceptors (Lipinski definition) is 4. The van der Waals surface area contributed by atoms with Crippen molar-refractivity contribution in [2.45, 2.75) is 13.3 Å². The molecule has 208 valence electrons. The highest BCUT2D eigenvalue weighted by molar-refractivity contribution is 6.38. The number of ether oxygens (including phenoxy) is 1. The van der Waals surface area contributed by atoms with Crippen LogP contribution >= 0.6 is 11.6 Å². The number of nitrogens with one attached hydrogen (secondary N) is 1. The van der Waals surface area contributed by atoms with Crippen LogP contribution in [0.5, 0.6) is 5.75 Å². The largest absolute Gasteiger partial charge is 0.496 e. The van der Waals surface area contributed by atoms with Gasteiger partial charge in [0.2, 0.25) is 0 Å². The summed E-state index contributed by atoms with van der Waals surface area (Å²) in [5, 5.41) is 12.7. The monoisotopic (exact) mass is 575 g/mol. The lowest BCUT2D eigenvalue weighted by Gasteiger charge is -2.11. The average molecular weight is 576 g/mol. The minimum absolute atomic E-state index is 0.187. The molecular weight excluding hydrogens is 550 g/mol. The van der Waals surface area contributed by atoms with Gasteiger partial charge in [0, 0.05) is 40.3 Å². The Bertz CT molecular complexity index is 1870. The molecule has 5 aromatic rings. The van der Waals surface area contributed by atoms with E-state index in [0.29, 0.717) is 33.2 Å². The zero-order valence-electron chi connectivity index (χ0n) is 22.9. The molecule has 1 aliphatic heterocycles. The Hall–Kier alpha value is -5.14. The predicted molar refractivity (Wildman–Crippen MR) is 165 cm³/mol. The van der Waals surface area contributed by atoms with Gasteiger partial charge in [0.15, 0.2) is 0 Å². The molecule has 1 amide bonds. The van der Waals surface area contributed by atoms with Gasteiger partial charge in [-0.1, -0.05) is 54.1 Å². The topological polar surface area (TPSA) is 93.5 Å². The fourth-order valence-corrected chi connectivity index (χ4v) is 5.51. The number of anilines is 1. The van der Waals surface area contributed by atoms with Gasteiger partial charge in [-0.3, -0.25) is 9.59 Å². The number of rotatable bonds is 7. The molecule has 8 heteroatoms. The van der Waals surface area contributed by atoms with E-state index in [1.807, 2.05) is 35.9 Å². The molecule has 0 aliphatic carbocycles. The molecule has 4 aromatic carbocycles. The highest BCUT2D eigenvalue weighted by Gasteiger charge is 2.26. The molecule has 0 saturated carbocycles. The van der Waals surface area contributed by atoms with Gasteiger partial charge in [-0.2, -0.15) is 0 Å². The lowest BCUT2D eigenvalue weighted by atomic mass is 9.96. The molecule has 1 aromatic heterocycles. The van der Waals surface area contributed by atoms with Crippen LogP contribution in [0.3, 0.4) is 0 Å². The van der Waals surface area contributed by atoms with Gasteiger partial charge >= 0.3 is 5.97 Å². The fraction of sp³-hybridized carbons (Fsp3) is 0.0882. The Labute approximate surface area is 247 Å². The van der Waals surface area contributed by atoms with Crippen molar-refractivity contribution < 1.29 is 19.4 Å². The molecule has 0 bridgehead atoms. The molecule has 7 nitrogen and oxygen atoms in total. The van der Waals surface area contributed by atoms with Crippen molar-refractivity contribution in [3.8, 4) is 33.7 Å². The van der Waals surface area contributed by atoms with E-state index in [2.05, 4.69) is 46.7 Å². The lowest BCUT2D eigenvalue weighted by Crippen LogP contribution is -2.04. The van der Waals surface area contributed by atoms with Crippen molar-refractivity contribution in [1.29, 1.82) is 0 Å². The number of nitrogens with zero attached hydrogens (tertiary/aromatic N) is 2. The van der Waals surface area contributed by atoms with E-state index in [9.17, 15) is 14.7 Å². The van der Waals surface area contributed by atoms with E-state index >= 15 is 0 Å². The summed E-state index contributed by atoms with van der Waals surface area (Å²) in [6.07, 6.45) is 5.29. The van der Waals surface area contributed by atoms with Crippen LogP contribution in [-0.4, -0.2) is 33.6 Å². The minimum atomic E-state index is -0.964. The maximum atomic E-state index is 13.0. The summed E-state index contributed by atoms with van der Waals surface area (Å²) in [6, 6.07) is 25.4. The van der Waals surface area contributed by atoms with E-state index in [-0.39, 0.29) is 12.3 Å². The van der Waals surface area contributed by atoms with Gasteiger partial charge in [-0.25, -0.2) is 4.98 Å². The summed E-state index contributed by atoms with van der Waals surface area (Å²) in [4.78, 5) is 28.6. The summed E-state index contributed by atoms with van der Waals surface area (Å²) < 4.78 is 7.34. The number of aryl methyl sites for hydroxylation is 1. The molecule has 1 aliphatic rings. The molecule has 0 unspecified atom stereocenters. The Morgan fingerprint density at radius 1 is 0.976 bits per heavy atom. The number of amides is 1. The lowest BCUT2D eigenvalue weighted by molar-refractivity contribution is -0.136. The predicted octanol–water partition coefficient (Wildman–Crippen LogP) is 7.30. The summed E-state index contributed by atoms with van der Waals surface area (Å²) in [7, 11) is 1.50. The molecule has 2 heterocycles. The van der Waals surface area contributed by atoms with Crippen LogP contribution in [0.15, 0.2) is 91.3 Å². The maximum absolute atomic E-state index is 13.0. The molecule has 2 N–H and O–H groups in total. The van der Waals surface area contributed by atoms with E-state index in [1.165, 1.54) is 7.11 Å². The molecule has 42 heavy (non-hydrogen) atoms. The summed E-state index contributed by atoms with van der Waals surface area (Å²) in [5.74, 6) is 0.199. The van der Waals surface area contributed by atoms with E-state index < -0.39 is 5.97 Å². The Kier molecular flexibility index (Phi) is 7.10. The standard InChI is InChI=1S/C34H26ClN3O4/c1-20-36-13-14-38(20)26-10-8-23(9-11-26)22-4-6-24(7-5-22)27-18-28-29(34(41)37-31(28)19-30(27)35)16-21-3-12-32(42-2)25(15-21)17-33(39)40/h3-16,18-19H,17H2,1-2H3,(H,37,41)(H,39,40). The number of carbonyl (C=O) groups excluding carboxylic acids is 1. The molecule has 6 rings (SSSR count). The first-order valence-corrected chi connectivity index (χ1v) is 13.7. The number of hydrogen-bond donors (Lipinski definition) is 2. The van der Waals surface area contributed by atoms with Crippen LogP contribution in [0.2, 0.25) is 5.02 Å². The zero-order valence-corrected chi connectivity index (χ0v) is 23.6. The average Bonchev–Trinajstić information content (AvgIpc) is 3.54. The third-order valence-corrected chi connectivity index (χ3v) is 7.66. The second-order valence-corrected chi connectivity index (χ2v) is 10.4. The van der Waals surface area contributed by atoms with Crippen LogP contribution in [0.25, 0.3) is 39.6 Å². The molecule has 0 fully saturated rings. The number of carboxylic acid groups (broad SMARTS) is 1. The number of methoxy groups -OCH3 is 1. The first-order valence-electron chi connectivity index (χ1n) is 13.3. The summed E-state index contributed by atoms with van der Waals surface area (Å²) in [5.41, 5.74) is 7.98. The molecule has 0 saturated heterocycles. The third-order valence-electron chi connectivity index (χ3n) is 7.35. The van der Waals surface area contributed by atoms with Gasteiger partial charge in [0.25, 0.3) is 5.91 Å². The molecular formula is C34H26ClN3O4. The Morgan fingerprint density at radius 3 is 2.31 bits per heavy atom. The SMILES string of the molecule is COc1ccc(C=C2C(=O)Nc3cc(Cl)c(-c4ccc(-c5ccc(-n6ccnc6C)cc5)cc4)cc32)cc1CC(=O)O. The van der Waals surface area contributed by atoms with Crippen LogP contribution in [0, 0.1) is 6.92 Å². The van der Waals surface area contributed by atoms with Crippen LogP contribution in [-0.2, 0) is 16.0 Å². The Morgan fingerprint density at radius 2 is 1.67 bits per heavy atom. The van der Waals surface area contributed by atoms with Crippen molar-refractivity contribution in [1.82, 2.24) is 9.55 Å². The maximum Gasteiger partial charge on any atom is 0.307 e. The second-order valence-electron chi connectivity index (χ2n) is 10.0. The molecule has 0 atom stereocenters. The fourth-order valence-electron chi connectivity index (χ4n) is 5.24. The quantitative estimate of drug-likeness (QED) is 0.199. The highest BCUT2D eigenvalue weighted by atomic mass is 35.5. The third kappa shape index (κ3) is 5.18. The van der Waals surface area contributed by atoms with E-state index in [4.69, 9.17) is 16.3 Å². The van der Waals surface area contributed by atoms with Gasteiger partial charge in [-0.15, -0.1) is 0 Å². The number of carbonyl (C=O) groups is 2. The second kappa shape index (κ2) is 11.0. The number of carboxylic acids is 1. The molecule has 0 radical (unpaired) electrons. The van der Waals surface area contributed by atoms with E-state index in [0.717, 1.165) is 39.3 Å². The van der Waals surface area contributed by atoms with Crippen LogP contribution in [0.1, 0.15) is 22.5 Å². The number of aliphatic carboxylic acids is 1. The summed E-state index contributed by atoms with van der Waals surface area (Å²) >= 11 is 6.69. The number of aromatic nitrogens is 2. The van der Waals surface area contributed by atoms with Crippen molar-refractivity contribution in [3.05, 3.63) is 119 Å². The Balaban J connectivity index is 1.30. The van der Waals surface area contributed by atoms with Crippen LogP contribution < -0.4 is 10.1 Å². The van der Waals surface area contributed by atoms with Crippen molar-refractivity contribution >= 4 is 40.8 Å². The normalized spacial score (nSPS) is 13.2. The number of benzene rings is 4. The van der Waals surface area contributed by atoms with Gasteiger partial charge < -0.3 is 19.7 Å². The van der Waals surface area contributed by atoms with Gasteiger partial charge in [0.05, 0.1) is 24.2 Å². The van der Waals surface area contributed by atoms with Crippen LogP contribution in [0.4, 0.5) is 5.69 Å².